The topological polar surface area (TPSA) is 12.0 Å². The molecule has 106 valence electrons. The van der Waals surface area contributed by atoms with Crippen LogP contribution in [0.5, 0.6) is 0 Å². The molecule has 1 atom stereocenters. The van der Waals surface area contributed by atoms with Crippen molar-refractivity contribution in [3.8, 4) is 0 Å². The molecule has 2 aromatic rings. The average molecular weight is 350 g/mol. The monoisotopic (exact) mass is 349 g/mol. The minimum Gasteiger partial charge on any atom is -0.306 e. The number of halogens is 1. The first-order valence-electron chi connectivity index (χ1n) is 7.30. The molecule has 0 fully saturated rings. The van der Waals surface area contributed by atoms with E-state index in [4.69, 9.17) is 0 Å². The Morgan fingerprint density at radius 2 is 2.05 bits per heavy atom. The molecule has 3 heteroatoms. The van der Waals surface area contributed by atoms with Gasteiger partial charge in [-0.2, -0.15) is 0 Å². The van der Waals surface area contributed by atoms with Crippen LogP contribution in [0, 0.1) is 6.92 Å². The summed E-state index contributed by atoms with van der Waals surface area (Å²) >= 11 is 5.60. The number of rotatable bonds is 4. The minimum atomic E-state index is 0.305. The maximum atomic E-state index is 3.72. The van der Waals surface area contributed by atoms with Crippen LogP contribution in [-0.2, 0) is 12.8 Å². The van der Waals surface area contributed by atoms with Crippen LogP contribution in [0.4, 0.5) is 0 Å². The summed E-state index contributed by atoms with van der Waals surface area (Å²) < 4.78 is 1.23. The average Bonchev–Trinajstić information content (AvgIpc) is 3.01. The summed E-state index contributed by atoms with van der Waals surface area (Å²) in [5.41, 5.74) is 4.50. The lowest BCUT2D eigenvalue weighted by molar-refractivity contribution is 0.637. The Morgan fingerprint density at radius 3 is 2.75 bits per heavy atom. The van der Waals surface area contributed by atoms with Crippen molar-refractivity contribution < 1.29 is 0 Å². The van der Waals surface area contributed by atoms with E-state index in [0.29, 0.717) is 6.04 Å². The summed E-state index contributed by atoms with van der Waals surface area (Å²) in [6, 6.07) is 9.57. The van der Waals surface area contributed by atoms with Crippen LogP contribution in [0.1, 0.15) is 45.8 Å². The van der Waals surface area contributed by atoms with Gasteiger partial charge in [0.15, 0.2) is 0 Å². The fourth-order valence-corrected chi connectivity index (χ4v) is 5.02. The number of aryl methyl sites for hydroxylation is 3. The van der Waals surface area contributed by atoms with Crippen molar-refractivity contribution in [1.82, 2.24) is 5.32 Å². The lowest BCUT2D eigenvalue weighted by Gasteiger charge is -2.19. The number of hydrogen-bond acceptors (Lipinski definition) is 2. The molecule has 1 aromatic carbocycles. The maximum absolute atomic E-state index is 3.72. The van der Waals surface area contributed by atoms with Crippen LogP contribution in [0.3, 0.4) is 0 Å². The second-order valence-corrected chi connectivity index (χ2v) is 7.58. The molecule has 1 nitrogen and oxygen atoms in total. The highest BCUT2D eigenvalue weighted by atomic mass is 79.9. The molecule has 1 aromatic heterocycles. The van der Waals surface area contributed by atoms with E-state index in [9.17, 15) is 0 Å². The predicted octanol–water partition coefficient (Wildman–Crippen LogP) is 5.01. The van der Waals surface area contributed by atoms with Gasteiger partial charge < -0.3 is 5.32 Å². The van der Waals surface area contributed by atoms with Gasteiger partial charge in [-0.05, 0) is 71.4 Å². The zero-order chi connectivity index (χ0) is 14.1. The minimum absolute atomic E-state index is 0.305. The van der Waals surface area contributed by atoms with Crippen LogP contribution in [0.2, 0.25) is 0 Å². The van der Waals surface area contributed by atoms with Crippen molar-refractivity contribution in [3.63, 3.8) is 0 Å². The highest BCUT2D eigenvalue weighted by molar-refractivity contribution is 9.10. The van der Waals surface area contributed by atoms with Crippen LogP contribution in [-0.4, -0.2) is 6.54 Å². The molecule has 20 heavy (non-hydrogen) atoms. The first-order valence-corrected chi connectivity index (χ1v) is 8.91. The summed E-state index contributed by atoms with van der Waals surface area (Å²) in [6.07, 6.45) is 3.81. The molecule has 0 spiro atoms. The van der Waals surface area contributed by atoms with E-state index in [0.717, 1.165) is 6.54 Å². The molecule has 1 aliphatic rings. The standard InChI is InChI=1S/C17H20BrNS/c1-3-19-16(17-15(18)9-11(2)20-17)14-8-7-12-5-4-6-13(12)10-14/h7-10,16,19H,3-6H2,1-2H3. The summed E-state index contributed by atoms with van der Waals surface area (Å²) in [4.78, 5) is 2.75. The smallest absolute Gasteiger partial charge is 0.0682 e. The van der Waals surface area contributed by atoms with Gasteiger partial charge in [-0.15, -0.1) is 11.3 Å². The van der Waals surface area contributed by atoms with Gasteiger partial charge in [0, 0.05) is 14.2 Å². The normalized spacial score (nSPS) is 15.3. The number of benzene rings is 1. The van der Waals surface area contributed by atoms with Crippen molar-refractivity contribution in [1.29, 1.82) is 0 Å². The van der Waals surface area contributed by atoms with Crippen molar-refractivity contribution >= 4 is 27.3 Å². The van der Waals surface area contributed by atoms with Crippen LogP contribution in [0.25, 0.3) is 0 Å². The van der Waals surface area contributed by atoms with E-state index in [-0.39, 0.29) is 0 Å². The molecule has 0 bridgehead atoms. The number of fused-ring (bicyclic) bond motifs is 1. The van der Waals surface area contributed by atoms with Gasteiger partial charge in [0.05, 0.1) is 6.04 Å². The quantitative estimate of drug-likeness (QED) is 0.818. The van der Waals surface area contributed by atoms with E-state index in [1.54, 1.807) is 11.1 Å². The third kappa shape index (κ3) is 2.72. The zero-order valence-electron chi connectivity index (χ0n) is 12.0. The number of thiophene rings is 1. The Labute approximate surface area is 133 Å². The Bertz CT molecular complexity index is 617. The highest BCUT2D eigenvalue weighted by Crippen LogP contribution is 2.36. The first kappa shape index (κ1) is 14.3. The molecule has 0 aliphatic heterocycles. The molecule has 1 aliphatic carbocycles. The number of hydrogen-bond donors (Lipinski definition) is 1. The number of nitrogens with one attached hydrogen (secondary N) is 1. The Hall–Kier alpha value is -0.640. The van der Waals surface area contributed by atoms with E-state index in [1.807, 2.05) is 11.3 Å². The Kier molecular flexibility index (Phi) is 4.29. The maximum Gasteiger partial charge on any atom is 0.0682 e. The van der Waals surface area contributed by atoms with Gasteiger partial charge in [-0.1, -0.05) is 25.1 Å². The summed E-state index contributed by atoms with van der Waals surface area (Å²) in [7, 11) is 0. The second-order valence-electron chi connectivity index (χ2n) is 5.44. The first-order chi connectivity index (χ1) is 9.69. The zero-order valence-corrected chi connectivity index (χ0v) is 14.4. The molecular weight excluding hydrogens is 330 g/mol. The van der Waals surface area contributed by atoms with Crippen molar-refractivity contribution in [2.45, 2.75) is 39.2 Å². The predicted molar refractivity (Wildman–Crippen MR) is 90.7 cm³/mol. The Morgan fingerprint density at radius 1 is 1.25 bits per heavy atom. The third-order valence-electron chi connectivity index (χ3n) is 3.96. The fourth-order valence-electron chi connectivity index (χ4n) is 3.04. The Balaban J connectivity index is 2.00. The molecule has 0 radical (unpaired) electrons. The molecule has 3 rings (SSSR count). The lowest BCUT2D eigenvalue weighted by Crippen LogP contribution is -2.21. The fraction of sp³-hybridized carbons (Fsp3) is 0.412. The van der Waals surface area contributed by atoms with Gasteiger partial charge >= 0.3 is 0 Å². The van der Waals surface area contributed by atoms with Gasteiger partial charge in [-0.3, -0.25) is 0 Å². The largest absolute Gasteiger partial charge is 0.306 e. The molecule has 0 saturated heterocycles. The molecule has 0 amide bonds. The molecule has 1 unspecified atom stereocenters. The van der Waals surface area contributed by atoms with Gasteiger partial charge in [0.2, 0.25) is 0 Å². The molecule has 1 heterocycles. The summed E-state index contributed by atoms with van der Waals surface area (Å²) in [5.74, 6) is 0. The second kappa shape index (κ2) is 6.00. The van der Waals surface area contributed by atoms with E-state index >= 15 is 0 Å². The van der Waals surface area contributed by atoms with E-state index in [2.05, 4.69) is 59.4 Å². The van der Waals surface area contributed by atoms with Gasteiger partial charge in [0.1, 0.15) is 0 Å². The van der Waals surface area contributed by atoms with Gasteiger partial charge in [-0.25, -0.2) is 0 Å². The van der Waals surface area contributed by atoms with E-state index < -0.39 is 0 Å². The molecule has 0 saturated carbocycles. The third-order valence-corrected chi connectivity index (χ3v) is 6.00. The van der Waals surface area contributed by atoms with E-state index in [1.165, 1.54) is 39.1 Å². The van der Waals surface area contributed by atoms with Crippen molar-refractivity contribution in [2.24, 2.45) is 0 Å². The molecule has 1 N–H and O–H groups in total. The van der Waals surface area contributed by atoms with Gasteiger partial charge in [0.25, 0.3) is 0 Å². The van der Waals surface area contributed by atoms with Crippen LogP contribution < -0.4 is 5.32 Å². The van der Waals surface area contributed by atoms with Crippen LogP contribution >= 0.6 is 27.3 Å². The summed E-state index contributed by atoms with van der Waals surface area (Å²) in [6.45, 7) is 5.32. The summed E-state index contributed by atoms with van der Waals surface area (Å²) in [5, 5.41) is 3.64. The highest BCUT2D eigenvalue weighted by Gasteiger charge is 2.20. The SMILES string of the molecule is CCNC(c1ccc2c(c1)CCC2)c1sc(C)cc1Br. The lowest BCUT2D eigenvalue weighted by atomic mass is 10.00. The van der Waals surface area contributed by atoms with Crippen LogP contribution in [0.15, 0.2) is 28.7 Å². The molecular formula is C17H20BrNS. The van der Waals surface area contributed by atoms with Crippen molar-refractivity contribution in [2.75, 3.05) is 6.54 Å². The van der Waals surface area contributed by atoms with Crippen molar-refractivity contribution in [3.05, 3.63) is 55.2 Å².